The van der Waals surface area contributed by atoms with E-state index < -0.39 is 5.92 Å². The number of para-hydroxylation sites is 1. The van der Waals surface area contributed by atoms with Gasteiger partial charge in [-0.1, -0.05) is 31.2 Å². The van der Waals surface area contributed by atoms with Gasteiger partial charge < -0.3 is 25.3 Å². The lowest BCUT2D eigenvalue weighted by Crippen LogP contribution is -2.50. The van der Waals surface area contributed by atoms with Crippen LogP contribution in [0.3, 0.4) is 0 Å². The molecule has 3 saturated heterocycles. The fraction of sp³-hybridized carbons (Fsp3) is 0.579. The number of urea groups is 1. The Bertz CT molecular complexity index is 1600. The highest BCUT2D eigenvalue weighted by atomic mass is 16.2. The SMILES string of the molecule is CCc1cc(CC(CC(=O)N2CCC(N3CCc4ccccc4NC3=O)CC2)C(=O)N2CCC(C3CCNCC3)CC2)cc2cn[nH]c12. The molecule has 0 spiro atoms. The Labute approximate surface area is 284 Å². The molecule has 4 amide bonds. The van der Waals surface area contributed by atoms with Gasteiger partial charge in [-0.3, -0.25) is 14.7 Å². The molecule has 3 fully saturated rings. The minimum Gasteiger partial charge on any atom is -0.343 e. The number of H-pyrrole nitrogens is 1. The van der Waals surface area contributed by atoms with Gasteiger partial charge in [0, 0.05) is 56.3 Å². The minimum absolute atomic E-state index is 0.0456. The molecule has 0 bridgehead atoms. The highest BCUT2D eigenvalue weighted by molar-refractivity contribution is 5.91. The van der Waals surface area contributed by atoms with Crippen LogP contribution >= 0.6 is 0 Å². The van der Waals surface area contributed by atoms with Gasteiger partial charge in [0.1, 0.15) is 0 Å². The number of likely N-dealkylation sites (tertiary alicyclic amines) is 2. The number of rotatable bonds is 8. The van der Waals surface area contributed by atoms with Crippen LogP contribution in [0.4, 0.5) is 10.5 Å². The Morgan fingerprint density at radius 1 is 0.917 bits per heavy atom. The van der Waals surface area contributed by atoms with Gasteiger partial charge in [0.15, 0.2) is 0 Å². The Balaban J connectivity index is 1.01. The predicted molar refractivity (Wildman–Crippen MR) is 188 cm³/mol. The fourth-order valence-corrected chi connectivity index (χ4v) is 8.80. The molecule has 1 unspecified atom stereocenters. The molecule has 10 nitrogen and oxygen atoms in total. The van der Waals surface area contributed by atoms with Crippen LogP contribution in [-0.4, -0.2) is 94.6 Å². The van der Waals surface area contributed by atoms with Crippen molar-refractivity contribution in [3.8, 4) is 0 Å². The molecule has 3 aromatic rings. The molecule has 3 N–H and O–H groups in total. The number of nitrogens with one attached hydrogen (secondary N) is 3. The van der Waals surface area contributed by atoms with E-state index in [-0.39, 0.29) is 30.3 Å². The van der Waals surface area contributed by atoms with Gasteiger partial charge in [0.2, 0.25) is 11.8 Å². The van der Waals surface area contributed by atoms with Crippen molar-refractivity contribution in [1.82, 2.24) is 30.2 Å². The number of carbonyl (C=O) groups is 3. The van der Waals surface area contributed by atoms with E-state index in [2.05, 4.69) is 50.9 Å². The topological polar surface area (TPSA) is 114 Å². The number of fused-ring (bicyclic) bond motifs is 2. The number of hydrogen-bond acceptors (Lipinski definition) is 5. The first kappa shape index (κ1) is 32.6. The van der Waals surface area contributed by atoms with E-state index in [1.165, 1.54) is 18.4 Å². The van der Waals surface area contributed by atoms with E-state index >= 15 is 0 Å². The number of aromatic nitrogens is 2. The maximum Gasteiger partial charge on any atom is 0.322 e. The fourth-order valence-electron chi connectivity index (χ4n) is 8.80. The number of benzene rings is 2. The van der Waals surface area contributed by atoms with E-state index in [0.717, 1.165) is 98.3 Å². The van der Waals surface area contributed by atoms with Crippen molar-refractivity contribution < 1.29 is 14.4 Å². The summed E-state index contributed by atoms with van der Waals surface area (Å²) in [5.41, 5.74) is 5.36. The minimum atomic E-state index is -0.408. The number of amides is 4. The van der Waals surface area contributed by atoms with Crippen molar-refractivity contribution in [1.29, 1.82) is 0 Å². The van der Waals surface area contributed by atoms with E-state index in [0.29, 0.717) is 32.0 Å². The van der Waals surface area contributed by atoms with Crippen molar-refractivity contribution in [2.45, 2.75) is 77.2 Å². The third-order valence-corrected chi connectivity index (χ3v) is 11.6. The molecular weight excluding hydrogens is 602 g/mol. The first-order valence-electron chi connectivity index (χ1n) is 18.3. The number of piperidine rings is 3. The molecule has 0 aliphatic carbocycles. The highest BCUT2D eigenvalue weighted by Crippen LogP contribution is 2.33. The predicted octanol–water partition coefficient (Wildman–Crippen LogP) is 4.99. The van der Waals surface area contributed by atoms with Crippen LogP contribution in [0.1, 0.15) is 68.6 Å². The van der Waals surface area contributed by atoms with Crippen LogP contribution in [0.2, 0.25) is 0 Å². The smallest absolute Gasteiger partial charge is 0.322 e. The van der Waals surface area contributed by atoms with E-state index in [1.54, 1.807) is 0 Å². The first-order chi connectivity index (χ1) is 23.5. The van der Waals surface area contributed by atoms with E-state index in [1.807, 2.05) is 34.2 Å². The molecule has 7 rings (SSSR count). The molecule has 0 saturated carbocycles. The van der Waals surface area contributed by atoms with Gasteiger partial charge in [-0.05, 0) is 112 Å². The summed E-state index contributed by atoms with van der Waals surface area (Å²) in [7, 11) is 0. The summed E-state index contributed by atoms with van der Waals surface area (Å²) in [6.07, 6.45) is 10.4. The van der Waals surface area contributed by atoms with Crippen molar-refractivity contribution in [2.24, 2.45) is 17.8 Å². The van der Waals surface area contributed by atoms with Crippen LogP contribution in [0.5, 0.6) is 0 Å². The lowest BCUT2D eigenvalue weighted by Gasteiger charge is -2.40. The largest absolute Gasteiger partial charge is 0.343 e. The summed E-state index contributed by atoms with van der Waals surface area (Å²) in [6, 6.07) is 12.4. The number of carbonyl (C=O) groups excluding carboxylic acids is 3. The number of hydrogen-bond donors (Lipinski definition) is 3. The second-order valence-corrected chi connectivity index (χ2v) is 14.4. The monoisotopic (exact) mass is 653 g/mol. The molecular formula is C38H51N7O3. The number of nitrogens with zero attached hydrogens (tertiary/aromatic N) is 4. The summed E-state index contributed by atoms with van der Waals surface area (Å²) in [5.74, 6) is 1.20. The van der Waals surface area contributed by atoms with Gasteiger partial charge in [-0.25, -0.2) is 4.79 Å². The molecule has 0 radical (unpaired) electrons. The van der Waals surface area contributed by atoms with Gasteiger partial charge >= 0.3 is 6.03 Å². The average Bonchev–Trinajstić information content (AvgIpc) is 3.54. The maximum absolute atomic E-state index is 14.3. The Morgan fingerprint density at radius 2 is 1.65 bits per heavy atom. The van der Waals surface area contributed by atoms with Crippen molar-refractivity contribution >= 4 is 34.4 Å². The number of aromatic amines is 1. The van der Waals surface area contributed by atoms with Crippen LogP contribution in [-0.2, 0) is 28.9 Å². The zero-order valence-electron chi connectivity index (χ0n) is 28.4. The van der Waals surface area contributed by atoms with Crippen LogP contribution < -0.4 is 10.6 Å². The van der Waals surface area contributed by atoms with E-state index in [4.69, 9.17) is 0 Å². The summed E-state index contributed by atoms with van der Waals surface area (Å²) >= 11 is 0. The highest BCUT2D eigenvalue weighted by Gasteiger charge is 2.36. The Kier molecular flexibility index (Phi) is 9.98. The zero-order chi connectivity index (χ0) is 33.0. The average molecular weight is 654 g/mol. The Morgan fingerprint density at radius 3 is 2.42 bits per heavy atom. The molecule has 4 aliphatic heterocycles. The normalized spacial score (nSPS) is 20.8. The molecule has 10 heteroatoms. The molecule has 1 aromatic heterocycles. The molecule has 48 heavy (non-hydrogen) atoms. The second kappa shape index (κ2) is 14.7. The van der Waals surface area contributed by atoms with Crippen molar-refractivity contribution in [3.05, 3.63) is 59.3 Å². The zero-order valence-corrected chi connectivity index (χ0v) is 28.4. The van der Waals surface area contributed by atoms with Gasteiger partial charge in [0.05, 0.1) is 17.6 Å². The number of aryl methyl sites for hydroxylation is 1. The summed E-state index contributed by atoms with van der Waals surface area (Å²) in [4.78, 5) is 47.3. The third-order valence-electron chi connectivity index (χ3n) is 11.6. The van der Waals surface area contributed by atoms with Crippen molar-refractivity contribution in [2.75, 3.05) is 51.1 Å². The number of anilines is 1. The van der Waals surface area contributed by atoms with Gasteiger partial charge in [0.25, 0.3) is 0 Å². The third kappa shape index (κ3) is 7.09. The molecule has 2 aromatic carbocycles. The lowest BCUT2D eigenvalue weighted by atomic mass is 9.79. The second-order valence-electron chi connectivity index (χ2n) is 14.4. The van der Waals surface area contributed by atoms with Crippen LogP contribution in [0.15, 0.2) is 42.6 Å². The molecule has 256 valence electrons. The molecule has 4 aliphatic rings. The summed E-state index contributed by atoms with van der Waals surface area (Å²) in [5, 5.41) is 15.0. The van der Waals surface area contributed by atoms with Gasteiger partial charge in [-0.2, -0.15) is 5.10 Å². The summed E-state index contributed by atoms with van der Waals surface area (Å²) in [6.45, 7) is 7.78. The quantitative estimate of drug-likeness (QED) is 0.317. The molecule has 5 heterocycles. The Hall–Kier alpha value is -3.92. The van der Waals surface area contributed by atoms with Gasteiger partial charge in [-0.15, -0.1) is 0 Å². The molecule has 1 atom stereocenters. The van der Waals surface area contributed by atoms with Crippen LogP contribution in [0, 0.1) is 17.8 Å². The lowest BCUT2D eigenvalue weighted by molar-refractivity contribution is -0.143. The maximum atomic E-state index is 14.3. The van der Waals surface area contributed by atoms with Crippen LogP contribution in [0.25, 0.3) is 10.9 Å². The van der Waals surface area contributed by atoms with E-state index in [9.17, 15) is 14.4 Å². The first-order valence-corrected chi connectivity index (χ1v) is 18.3. The van der Waals surface area contributed by atoms with Crippen molar-refractivity contribution in [3.63, 3.8) is 0 Å². The summed E-state index contributed by atoms with van der Waals surface area (Å²) < 4.78 is 0. The standard InChI is InChI=1S/C38H51N7O3/c1-2-27-21-26(23-32-25-40-42-36(27)32)22-31(37(47)44-16-9-29(10-17-44)28-7-14-39-15-8-28)24-35(46)43-18-12-33(13-19-43)45-20-11-30-5-3-4-6-34(30)41-38(45)48/h3-6,21,23,25,28-29,31,33,39H,2,7-20,22,24H2,1H3,(H,40,42)(H,41,48).